The molecule has 0 aliphatic rings. The molecule has 0 radical (unpaired) electrons. The summed E-state index contributed by atoms with van der Waals surface area (Å²) in [6.45, 7) is 18.3. The first-order valence-electron chi connectivity index (χ1n) is 13.8. The molecular weight excluding hydrogens is 388 g/mol. The summed E-state index contributed by atoms with van der Waals surface area (Å²) in [4.78, 5) is 0. The van der Waals surface area contributed by atoms with Crippen molar-refractivity contribution in [3.63, 3.8) is 0 Å². The average Bonchev–Trinajstić information content (AvgIpc) is 2.68. The van der Waals surface area contributed by atoms with E-state index in [0.717, 1.165) is 17.5 Å². The third-order valence-electron chi connectivity index (χ3n) is 7.11. The Hall–Kier alpha value is -0.980. The van der Waals surface area contributed by atoms with Crippen molar-refractivity contribution in [2.45, 2.75) is 157 Å². The van der Waals surface area contributed by atoms with Gasteiger partial charge in [0.2, 0.25) is 0 Å². The lowest BCUT2D eigenvalue weighted by atomic mass is 9.71. The molecule has 0 saturated carbocycles. The van der Waals surface area contributed by atoms with E-state index in [2.05, 4.69) is 67.5 Å². The van der Waals surface area contributed by atoms with Gasteiger partial charge in [0.05, 0.1) is 0 Å². The molecule has 1 N–H and O–H groups in total. The second-order valence-electron chi connectivity index (χ2n) is 12.4. The van der Waals surface area contributed by atoms with Gasteiger partial charge in [-0.15, -0.1) is 0 Å². The van der Waals surface area contributed by atoms with E-state index in [9.17, 15) is 5.11 Å². The number of benzene rings is 1. The summed E-state index contributed by atoms with van der Waals surface area (Å²) in [7, 11) is 0. The first kappa shape index (κ1) is 29.1. The predicted molar refractivity (Wildman–Crippen MR) is 144 cm³/mol. The van der Waals surface area contributed by atoms with Gasteiger partial charge in [-0.25, -0.2) is 0 Å². The van der Waals surface area contributed by atoms with Gasteiger partial charge in [-0.05, 0) is 53.2 Å². The summed E-state index contributed by atoms with van der Waals surface area (Å²) in [5.74, 6) is 0.939. The third kappa shape index (κ3) is 11.2. The minimum atomic E-state index is 0.112. The number of rotatable bonds is 16. The van der Waals surface area contributed by atoms with Crippen LogP contribution < -0.4 is 0 Å². The maximum absolute atomic E-state index is 10.8. The second-order valence-corrected chi connectivity index (χ2v) is 12.4. The third-order valence-corrected chi connectivity index (χ3v) is 7.11. The molecule has 1 rings (SSSR count). The fourth-order valence-corrected chi connectivity index (χ4v) is 5.45. The molecule has 1 nitrogen and oxygen atoms in total. The number of aromatic hydroxyl groups is 1. The summed E-state index contributed by atoms with van der Waals surface area (Å²) in [5.41, 5.74) is 3.96. The number of aryl methyl sites for hydroxylation is 1. The molecule has 0 heterocycles. The lowest BCUT2D eigenvalue weighted by Gasteiger charge is -2.34. The van der Waals surface area contributed by atoms with Gasteiger partial charge in [0.15, 0.2) is 0 Å². The van der Waals surface area contributed by atoms with Crippen molar-refractivity contribution in [3.8, 4) is 5.75 Å². The monoisotopic (exact) mass is 444 g/mol. The molecule has 0 aliphatic carbocycles. The molecule has 0 bridgehead atoms. The molecule has 186 valence electrons. The molecule has 0 amide bonds. The molecule has 1 aromatic carbocycles. The zero-order chi connectivity index (χ0) is 24.2. The van der Waals surface area contributed by atoms with Crippen molar-refractivity contribution in [3.05, 3.63) is 28.8 Å². The summed E-state index contributed by atoms with van der Waals surface area (Å²) < 4.78 is 0. The SMILES string of the molecule is CCCCCCCCCCCCCCC(C)c1cc(C(C)(C)CC(C)(C)C)cc(C)c1O. The molecule has 1 heteroatoms. The van der Waals surface area contributed by atoms with Crippen LogP contribution in [0.15, 0.2) is 12.1 Å². The van der Waals surface area contributed by atoms with E-state index >= 15 is 0 Å². The number of hydrogen-bond acceptors (Lipinski definition) is 1. The highest BCUT2D eigenvalue weighted by atomic mass is 16.3. The topological polar surface area (TPSA) is 20.2 Å². The number of unbranched alkanes of at least 4 members (excludes halogenated alkanes) is 11. The number of phenols is 1. The van der Waals surface area contributed by atoms with Crippen LogP contribution in [0.2, 0.25) is 0 Å². The zero-order valence-corrected chi connectivity index (χ0v) is 23.1. The van der Waals surface area contributed by atoms with E-state index in [1.54, 1.807) is 0 Å². The standard InChI is InChI=1S/C31H56O/c1-9-10-11-12-13-14-15-16-17-18-19-20-21-25(2)28-23-27(22-26(3)29(28)32)31(7,8)24-30(4,5)6/h22-23,25,32H,9-21,24H2,1-8H3. The number of phenolic OH excluding ortho intramolecular Hbond substituents is 1. The van der Waals surface area contributed by atoms with Crippen LogP contribution in [0.3, 0.4) is 0 Å². The quantitative estimate of drug-likeness (QED) is 0.251. The summed E-state index contributed by atoms with van der Waals surface area (Å²) in [5, 5.41) is 10.8. The molecule has 0 saturated heterocycles. The molecule has 0 aliphatic heterocycles. The average molecular weight is 445 g/mol. The summed E-state index contributed by atoms with van der Waals surface area (Å²) >= 11 is 0. The first-order chi connectivity index (χ1) is 15.0. The van der Waals surface area contributed by atoms with Crippen LogP contribution in [-0.2, 0) is 5.41 Å². The highest BCUT2D eigenvalue weighted by Gasteiger charge is 2.29. The minimum Gasteiger partial charge on any atom is -0.507 e. The minimum absolute atomic E-state index is 0.112. The van der Waals surface area contributed by atoms with Crippen LogP contribution in [0, 0.1) is 12.3 Å². The lowest BCUT2D eigenvalue weighted by molar-refractivity contribution is 0.283. The predicted octanol–water partition coefficient (Wildman–Crippen LogP) is 10.6. The van der Waals surface area contributed by atoms with E-state index in [1.165, 1.54) is 89.0 Å². The van der Waals surface area contributed by atoms with E-state index < -0.39 is 0 Å². The Labute approximate surface area is 201 Å². The molecule has 32 heavy (non-hydrogen) atoms. The maximum Gasteiger partial charge on any atom is 0.121 e. The Kier molecular flexibility index (Phi) is 13.0. The second kappa shape index (κ2) is 14.3. The summed E-state index contributed by atoms with van der Waals surface area (Å²) in [6.07, 6.45) is 19.0. The van der Waals surface area contributed by atoms with Crippen LogP contribution >= 0.6 is 0 Å². The first-order valence-corrected chi connectivity index (χ1v) is 13.8. The fraction of sp³-hybridized carbons (Fsp3) is 0.806. The highest BCUT2D eigenvalue weighted by molar-refractivity contribution is 5.46. The summed E-state index contributed by atoms with van der Waals surface area (Å²) in [6, 6.07) is 4.51. The molecule has 1 aromatic rings. The van der Waals surface area contributed by atoms with Gasteiger partial charge in [0.25, 0.3) is 0 Å². The van der Waals surface area contributed by atoms with Gasteiger partial charge in [-0.1, -0.05) is 138 Å². The van der Waals surface area contributed by atoms with Gasteiger partial charge in [-0.3, -0.25) is 0 Å². The van der Waals surface area contributed by atoms with Crippen LogP contribution in [0.5, 0.6) is 5.75 Å². The largest absolute Gasteiger partial charge is 0.507 e. The Balaban J connectivity index is 2.43. The van der Waals surface area contributed by atoms with Crippen molar-refractivity contribution in [2.75, 3.05) is 0 Å². The maximum atomic E-state index is 10.8. The van der Waals surface area contributed by atoms with E-state index in [0.29, 0.717) is 11.7 Å². The van der Waals surface area contributed by atoms with Gasteiger partial charge in [-0.2, -0.15) is 0 Å². The molecule has 1 unspecified atom stereocenters. The van der Waals surface area contributed by atoms with Crippen molar-refractivity contribution in [1.82, 2.24) is 0 Å². The van der Waals surface area contributed by atoms with E-state index in [-0.39, 0.29) is 10.8 Å². The van der Waals surface area contributed by atoms with Crippen molar-refractivity contribution < 1.29 is 5.11 Å². The van der Waals surface area contributed by atoms with Crippen molar-refractivity contribution in [1.29, 1.82) is 0 Å². The zero-order valence-electron chi connectivity index (χ0n) is 23.1. The van der Waals surface area contributed by atoms with E-state index in [1.807, 2.05) is 0 Å². The Morgan fingerprint density at radius 3 is 1.69 bits per heavy atom. The lowest BCUT2D eigenvalue weighted by Crippen LogP contribution is -2.25. The van der Waals surface area contributed by atoms with Crippen LogP contribution in [0.1, 0.15) is 161 Å². The van der Waals surface area contributed by atoms with Crippen molar-refractivity contribution >= 4 is 0 Å². The van der Waals surface area contributed by atoms with Gasteiger partial charge in [0.1, 0.15) is 5.75 Å². The Morgan fingerprint density at radius 2 is 1.22 bits per heavy atom. The van der Waals surface area contributed by atoms with Crippen LogP contribution in [0.25, 0.3) is 0 Å². The molecule has 1 atom stereocenters. The van der Waals surface area contributed by atoms with Gasteiger partial charge < -0.3 is 5.11 Å². The van der Waals surface area contributed by atoms with Gasteiger partial charge >= 0.3 is 0 Å². The Morgan fingerprint density at radius 1 is 0.750 bits per heavy atom. The highest BCUT2D eigenvalue weighted by Crippen LogP contribution is 2.41. The van der Waals surface area contributed by atoms with Gasteiger partial charge in [0, 0.05) is 0 Å². The normalized spacial score (nSPS) is 13.5. The Bertz CT molecular complexity index is 635. The molecule has 0 fully saturated rings. The molecular formula is C31H56O. The van der Waals surface area contributed by atoms with E-state index in [4.69, 9.17) is 0 Å². The molecule has 0 spiro atoms. The van der Waals surface area contributed by atoms with Crippen LogP contribution in [0.4, 0.5) is 0 Å². The molecule has 0 aromatic heterocycles. The number of hydrogen-bond donors (Lipinski definition) is 1. The van der Waals surface area contributed by atoms with Crippen molar-refractivity contribution in [2.24, 2.45) is 5.41 Å². The fourth-order valence-electron chi connectivity index (χ4n) is 5.45. The smallest absolute Gasteiger partial charge is 0.121 e. The van der Waals surface area contributed by atoms with Crippen LogP contribution in [-0.4, -0.2) is 5.11 Å².